The number of para-hydroxylation sites is 1. The maximum absolute atomic E-state index is 10.1. The molecule has 1 saturated heterocycles. The molecule has 6 heteroatoms. The molecular weight excluding hydrogens is 326 g/mol. The molecule has 0 amide bonds. The van der Waals surface area contributed by atoms with Crippen molar-refractivity contribution in [2.75, 3.05) is 31.1 Å². The van der Waals surface area contributed by atoms with Gasteiger partial charge < -0.3 is 21.1 Å². The van der Waals surface area contributed by atoms with Crippen LogP contribution in [0.15, 0.2) is 60.4 Å². The number of aromatic hydroxyl groups is 1. The highest BCUT2D eigenvalue weighted by Gasteiger charge is 2.19. The van der Waals surface area contributed by atoms with E-state index in [1.54, 1.807) is 6.07 Å². The standard InChI is InChI=1S/C20H23N5O/c21-20-17(13-18(23-24-20)16-3-1-2-4-19(16)26)14-5-7-15(8-6-14)25-11-9-22-10-12-25/h1-8,13,22-24,26H,9-12,21H2/p+1. The zero-order valence-electron chi connectivity index (χ0n) is 14.6. The van der Waals surface area contributed by atoms with Gasteiger partial charge in [-0.05, 0) is 29.8 Å². The van der Waals surface area contributed by atoms with Crippen LogP contribution in [0.25, 0.3) is 11.3 Å². The molecule has 4 rings (SSSR count). The van der Waals surface area contributed by atoms with E-state index in [4.69, 9.17) is 5.73 Å². The van der Waals surface area contributed by atoms with Crippen LogP contribution >= 0.6 is 0 Å². The number of piperazine rings is 1. The Morgan fingerprint density at radius 1 is 1.00 bits per heavy atom. The first-order valence-electron chi connectivity index (χ1n) is 8.88. The van der Waals surface area contributed by atoms with Gasteiger partial charge >= 0.3 is 0 Å². The summed E-state index contributed by atoms with van der Waals surface area (Å²) in [5, 5.41) is 13.5. The van der Waals surface area contributed by atoms with E-state index < -0.39 is 0 Å². The first kappa shape index (κ1) is 16.5. The van der Waals surface area contributed by atoms with Gasteiger partial charge in [0.05, 0.1) is 5.56 Å². The van der Waals surface area contributed by atoms with Crippen LogP contribution < -0.4 is 26.8 Å². The number of rotatable bonds is 3. The van der Waals surface area contributed by atoms with Gasteiger partial charge in [-0.2, -0.15) is 0 Å². The third-order valence-corrected chi connectivity index (χ3v) is 4.85. The van der Waals surface area contributed by atoms with Crippen LogP contribution in [0, 0.1) is 0 Å². The molecule has 0 aromatic heterocycles. The van der Waals surface area contributed by atoms with Crippen molar-refractivity contribution >= 4 is 17.0 Å². The third-order valence-electron chi connectivity index (χ3n) is 4.85. The van der Waals surface area contributed by atoms with Gasteiger partial charge in [-0.1, -0.05) is 24.3 Å². The van der Waals surface area contributed by atoms with E-state index in [-0.39, 0.29) is 5.75 Å². The van der Waals surface area contributed by atoms with Gasteiger partial charge in [-0.15, -0.1) is 0 Å². The van der Waals surface area contributed by atoms with Crippen LogP contribution in [-0.2, 0) is 0 Å². The van der Waals surface area contributed by atoms with Crippen molar-refractivity contribution in [2.24, 2.45) is 5.73 Å². The van der Waals surface area contributed by atoms with Crippen molar-refractivity contribution in [3.8, 4) is 5.75 Å². The Morgan fingerprint density at radius 2 is 1.73 bits per heavy atom. The minimum absolute atomic E-state index is 0.255. The summed E-state index contributed by atoms with van der Waals surface area (Å²) < 4.78 is 0. The second kappa shape index (κ2) is 7.11. The average molecular weight is 350 g/mol. The second-order valence-electron chi connectivity index (χ2n) is 6.52. The molecule has 0 bridgehead atoms. The Hall–Kier alpha value is -2.96. The number of hydrogen-bond acceptors (Lipinski definition) is 5. The monoisotopic (exact) mass is 350 g/mol. The highest BCUT2D eigenvalue weighted by Crippen LogP contribution is 2.27. The number of nitrogens with two attached hydrogens (primary N) is 2. The van der Waals surface area contributed by atoms with Crippen LogP contribution in [-0.4, -0.2) is 31.3 Å². The SMILES string of the molecule is NC1=C(c2ccc(N3CCNCC3)cc2)C=C(c2ccccc2O)[NH2+]N1. The van der Waals surface area contributed by atoms with Gasteiger partial charge in [0.1, 0.15) is 5.75 Å². The fourth-order valence-corrected chi connectivity index (χ4v) is 3.40. The largest absolute Gasteiger partial charge is 0.507 e. The molecule has 0 aliphatic carbocycles. The van der Waals surface area contributed by atoms with E-state index in [2.05, 4.69) is 39.9 Å². The molecule has 0 atom stereocenters. The third kappa shape index (κ3) is 3.24. The summed E-state index contributed by atoms with van der Waals surface area (Å²) in [6, 6.07) is 15.8. The molecule has 0 saturated carbocycles. The van der Waals surface area contributed by atoms with E-state index in [9.17, 15) is 5.11 Å². The quantitative estimate of drug-likeness (QED) is 0.522. The first-order valence-corrected chi connectivity index (χ1v) is 8.88. The molecule has 2 aliphatic rings. The van der Waals surface area contributed by atoms with Gasteiger partial charge in [0, 0.05) is 43.5 Å². The summed E-state index contributed by atoms with van der Waals surface area (Å²) in [7, 11) is 0. The van der Waals surface area contributed by atoms with Gasteiger partial charge in [0.25, 0.3) is 0 Å². The van der Waals surface area contributed by atoms with Crippen molar-refractivity contribution in [1.82, 2.24) is 10.7 Å². The maximum atomic E-state index is 10.1. The summed E-state index contributed by atoms with van der Waals surface area (Å²) in [5.41, 5.74) is 16.0. The van der Waals surface area contributed by atoms with Crippen LogP contribution in [0.5, 0.6) is 5.75 Å². The second-order valence-corrected chi connectivity index (χ2v) is 6.52. The zero-order valence-corrected chi connectivity index (χ0v) is 14.6. The van der Waals surface area contributed by atoms with Gasteiger partial charge in [-0.3, -0.25) is 0 Å². The summed E-state index contributed by atoms with van der Waals surface area (Å²) >= 11 is 0. The van der Waals surface area contributed by atoms with Crippen molar-refractivity contribution in [3.05, 3.63) is 71.6 Å². The molecule has 0 radical (unpaired) electrons. The molecule has 26 heavy (non-hydrogen) atoms. The first-order chi connectivity index (χ1) is 12.7. The highest BCUT2D eigenvalue weighted by molar-refractivity contribution is 5.84. The number of phenolic OH excluding ortho intramolecular Hbond substituents is 1. The van der Waals surface area contributed by atoms with Crippen molar-refractivity contribution < 1.29 is 10.5 Å². The van der Waals surface area contributed by atoms with Crippen LogP contribution in [0.3, 0.4) is 0 Å². The van der Waals surface area contributed by atoms with Crippen molar-refractivity contribution in [1.29, 1.82) is 0 Å². The molecule has 7 N–H and O–H groups in total. The van der Waals surface area contributed by atoms with Crippen LogP contribution in [0.2, 0.25) is 0 Å². The van der Waals surface area contributed by atoms with Crippen LogP contribution in [0.4, 0.5) is 5.69 Å². The van der Waals surface area contributed by atoms with Gasteiger partial charge in [-0.25, -0.2) is 10.9 Å². The van der Waals surface area contributed by atoms with Crippen molar-refractivity contribution in [2.45, 2.75) is 0 Å². The number of anilines is 1. The number of benzene rings is 2. The molecule has 2 aromatic rings. The summed E-state index contributed by atoms with van der Waals surface area (Å²) in [6.07, 6.45) is 2.01. The Labute approximate surface area is 153 Å². The molecule has 0 spiro atoms. The lowest BCUT2D eigenvalue weighted by Crippen LogP contribution is -2.91. The molecule has 1 fully saturated rings. The van der Waals surface area contributed by atoms with Crippen molar-refractivity contribution in [3.63, 3.8) is 0 Å². The molecule has 2 aliphatic heterocycles. The molecule has 6 nitrogen and oxygen atoms in total. The van der Waals surface area contributed by atoms with E-state index in [1.807, 2.05) is 29.7 Å². The Kier molecular flexibility index (Phi) is 4.51. The Bertz CT molecular complexity index is 851. The minimum atomic E-state index is 0.255. The number of nitrogens with one attached hydrogen (secondary N) is 2. The number of allylic oxidation sites excluding steroid dienone is 2. The minimum Gasteiger partial charge on any atom is -0.507 e. The van der Waals surface area contributed by atoms with E-state index in [1.165, 1.54) is 5.69 Å². The average Bonchev–Trinajstić information content (AvgIpc) is 2.70. The molecule has 2 aromatic carbocycles. The van der Waals surface area contributed by atoms with Gasteiger partial charge in [0.15, 0.2) is 11.5 Å². The molecule has 134 valence electrons. The Morgan fingerprint density at radius 3 is 2.46 bits per heavy atom. The Balaban J connectivity index is 1.62. The fraction of sp³-hybridized carbons (Fsp3) is 0.200. The number of hydrogen-bond donors (Lipinski definition) is 5. The lowest BCUT2D eigenvalue weighted by Gasteiger charge is -2.29. The predicted molar refractivity (Wildman–Crippen MR) is 104 cm³/mol. The zero-order chi connectivity index (χ0) is 17.9. The van der Waals surface area contributed by atoms with Crippen LogP contribution in [0.1, 0.15) is 11.1 Å². The lowest BCUT2D eigenvalue weighted by atomic mass is 10.0. The summed E-state index contributed by atoms with van der Waals surface area (Å²) in [4.78, 5) is 2.38. The highest BCUT2D eigenvalue weighted by atomic mass is 16.3. The predicted octanol–water partition coefficient (Wildman–Crippen LogP) is 0.552. The summed E-state index contributed by atoms with van der Waals surface area (Å²) in [6.45, 7) is 4.09. The molecule has 0 unspecified atom stereocenters. The lowest BCUT2D eigenvalue weighted by molar-refractivity contribution is -0.619. The topological polar surface area (TPSA) is 90.2 Å². The summed E-state index contributed by atoms with van der Waals surface area (Å²) in [5.74, 6) is 0.866. The number of nitrogens with zero attached hydrogens (tertiary/aromatic N) is 1. The number of quaternary nitrogens is 1. The number of phenols is 1. The maximum Gasteiger partial charge on any atom is 0.165 e. The van der Waals surface area contributed by atoms with Gasteiger partial charge in [0.2, 0.25) is 0 Å². The fourth-order valence-electron chi connectivity index (χ4n) is 3.40. The smallest absolute Gasteiger partial charge is 0.165 e. The van der Waals surface area contributed by atoms with E-state index in [0.717, 1.165) is 48.6 Å². The molecular formula is C20H24N5O+. The molecule has 2 heterocycles. The normalized spacial score (nSPS) is 17.7. The van der Waals surface area contributed by atoms with E-state index in [0.29, 0.717) is 5.82 Å². The van der Waals surface area contributed by atoms with E-state index >= 15 is 0 Å².